The highest BCUT2D eigenvalue weighted by Crippen LogP contribution is 2.28. The van der Waals surface area contributed by atoms with Crippen LogP contribution >= 0.6 is 23.1 Å². The lowest BCUT2D eigenvalue weighted by molar-refractivity contribution is -0.384. The number of nitro benzene ring substituents is 1. The standard InChI is InChI=1S/C25H20N4O5S2/c1-34-20-9-3-6-17(12-20)24(31)26-18-7-4-10-21(13-18)35-15-23(30)28-25-27-22(14-36-25)16-5-2-8-19(11-16)29(32)33/h2-14H,15H2,1H3,(H,26,31)(H,27,28,30). The summed E-state index contributed by atoms with van der Waals surface area (Å²) in [6, 6.07) is 20.2. The van der Waals surface area contributed by atoms with Crippen molar-refractivity contribution in [1.29, 1.82) is 0 Å². The molecule has 4 aromatic rings. The number of aromatic nitrogens is 1. The van der Waals surface area contributed by atoms with Crippen molar-refractivity contribution < 1.29 is 19.2 Å². The van der Waals surface area contributed by atoms with Gasteiger partial charge in [-0.15, -0.1) is 23.1 Å². The maximum absolute atomic E-state index is 12.5. The molecule has 0 bridgehead atoms. The Kier molecular flexibility index (Phi) is 7.93. The average Bonchev–Trinajstić information content (AvgIpc) is 3.36. The first-order chi connectivity index (χ1) is 17.4. The predicted octanol–water partition coefficient (Wildman–Crippen LogP) is 5.71. The number of hydrogen-bond donors (Lipinski definition) is 2. The second-order valence-corrected chi connectivity index (χ2v) is 9.30. The summed E-state index contributed by atoms with van der Waals surface area (Å²) < 4.78 is 5.16. The zero-order chi connectivity index (χ0) is 25.5. The van der Waals surface area contributed by atoms with Gasteiger partial charge in [0.2, 0.25) is 5.91 Å². The number of rotatable bonds is 9. The summed E-state index contributed by atoms with van der Waals surface area (Å²) in [4.78, 5) is 40.7. The first kappa shape index (κ1) is 24.9. The van der Waals surface area contributed by atoms with Crippen LogP contribution in [0.15, 0.2) is 83.1 Å². The summed E-state index contributed by atoms with van der Waals surface area (Å²) in [5.74, 6) is 0.220. The molecule has 11 heteroatoms. The van der Waals surface area contributed by atoms with Crippen LogP contribution in [0, 0.1) is 10.1 Å². The number of non-ortho nitro benzene ring substituents is 1. The summed E-state index contributed by atoms with van der Waals surface area (Å²) in [7, 11) is 1.54. The molecule has 0 saturated heterocycles. The highest BCUT2D eigenvalue weighted by Gasteiger charge is 2.12. The highest BCUT2D eigenvalue weighted by atomic mass is 32.2. The van der Waals surface area contributed by atoms with Gasteiger partial charge in [0.05, 0.1) is 23.5 Å². The van der Waals surface area contributed by atoms with Crippen LogP contribution in [0.4, 0.5) is 16.5 Å². The van der Waals surface area contributed by atoms with Gasteiger partial charge >= 0.3 is 0 Å². The molecule has 0 radical (unpaired) electrons. The molecule has 0 spiro atoms. The molecule has 0 saturated carbocycles. The monoisotopic (exact) mass is 520 g/mol. The molecule has 0 unspecified atom stereocenters. The maximum atomic E-state index is 12.5. The molecule has 0 aliphatic heterocycles. The third-order valence-electron chi connectivity index (χ3n) is 4.90. The van der Waals surface area contributed by atoms with Crippen LogP contribution in [0.3, 0.4) is 0 Å². The van der Waals surface area contributed by atoms with Crippen molar-refractivity contribution in [2.24, 2.45) is 0 Å². The van der Waals surface area contributed by atoms with E-state index in [2.05, 4.69) is 15.6 Å². The minimum absolute atomic E-state index is 0.0237. The number of benzene rings is 3. The van der Waals surface area contributed by atoms with Gasteiger partial charge in [0.25, 0.3) is 11.6 Å². The van der Waals surface area contributed by atoms with E-state index in [4.69, 9.17) is 4.74 Å². The molecule has 0 atom stereocenters. The van der Waals surface area contributed by atoms with Crippen molar-refractivity contribution in [2.75, 3.05) is 23.5 Å². The summed E-state index contributed by atoms with van der Waals surface area (Å²) in [6.07, 6.45) is 0. The Bertz CT molecular complexity index is 1420. The van der Waals surface area contributed by atoms with Crippen LogP contribution in [-0.2, 0) is 4.79 Å². The van der Waals surface area contributed by atoms with Crippen LogP contribution in [0.25, 0.3) is 11.3 Å². The number of ether oxygens (including phenoxy) is 1. The predicted molar refractivity (Wildman–Crippen MR) is 141 cm³/mol. The first-order valence-corrected chi connectivity index (χ1v) is 12.5. The van der Waals surface area contributed by atoms with E-state index in [0.717, 1.165) is 4.90 Å². The molecule has 4 rings (SSSR count). The minimum Gasteiger partial charge on any atom is -0.497 e. The molecule has 1 aromatic heterocycles. The van der Waals surface area contributed by atoms with Crippen molar-refractivity contribution >= 4 is 51.4 Å². The second-order valence-electron chi connectivity index (χ2n) is 7.40. The number of nitrogens with one attached hydrogen (secondary N) is 2. The molecule has 2 N–H and O–H groups in total. The van der Waals surface area contributed by atoms with E-state index in [-0.39, 0.29) is 23.3 Å². The Balaban J connectivity index is 1.33. The van der Waals surface area contributed by atoms with Crippen LogP contribution in [0.5, 0.6) is 5.75 Å². The van der Waals surface area contributed by atoms with Crippen molar-refractivity contribution in [3.63, 3.8) is 0 Å². The van der Waals surface area contributed by atoms with Crippen molar-refractivity contribution in [2.45, 2.75) is 4.90 Å². The third-order valence-corrected chi connectivity index (χ3v) is 6.65. The Morgan fingerprint density at radius 3 is 2.67 bits per heavy atom. The quantitative estimate of drug-likeness (QED) is 0.165. The van der Waals surface area contributed by atoms with Crippen LogP contribution in [0.1, 0.15) is 10.4 Å². The number of thioether (sulfide) groups is 1. The van der Waals surface area contributed by atoms with Crippen LogP contribution in [-0.4, -0.2) is 34.6 Å². The molecule has 3 aromatic carbocycles. The molecule has 0 fully saturated rings. The molecule has 9 nitrogen and oxygen atoms in total. The lowest BCUT2D eigenvalue weighted by atomic mass is 10.1. The summed E-state index contributed by atoms with van der Waals surface area (Å²) >= 11 is 2.56. The number of thiazole rings is 1. The number of methoxy groups -OCH3 is 1. The summed E-state index contributed by atoms with van der Waals surface area (Å²) in [5.41, 5.74) is 2.20. The van der Waals surface area contributed by atoms with Gasteiger partial charge in [0.1, 0.15) is 5.75 Å². The second kappa shape index (κ2) is 11.5. The van der Waals surface area contributed by atoms with Gasteiger partial charge in [0, 0.05) is 39.2 Å². The van der Waals surface area contributed by atoms with E-state index in [0.29, 0.717) is 33.4 Å². The minimum atomic E-state index is -0.463. The average molecular weight is 521 g/mol. The number of anilines is 2. The number of hydrogen-bond acceptors (Lipinski definition) is 8. The van der Waals surface area contributed by atoms with Crippen LogP contribution < -0.4 is 15.4 Å². The number of amides is 2. The Hall–Kier alpha value is -4.22. The molecule has 2 amide bonds. The number of nitrogens with zero attached hydrogens (tertiary/aromatic N) is 2. The van der Waals surface area contributed by atoms with Crippen molar-refractivity contribution in [3.05, 3.63) is 93.9 Å². The van der Waals surface area contributed by atoms with Crippen molar-refractivity contribution in [1.82, 2.24) is 4.98 Å². The fraction of sp³-hybridized carbons (Fsp3) is 0.0800. The maximum Gasteiger partial charge on any atom is 0.270 e. The SMILES string of the molecule is COc1cccc(C(=O)Nc2cccc(SCC(=O)Nc3nc(-c4cccc([N+](=O)[O-])c4)cs3)c2)c1. The summed E-state index contributed by atoms with van der Waals surface area (Å²) in [5, 5.41) is 18.7. The highest BCUT2D eigenvalue weighted by molar-refractivity contribution is 8.00. The zero-order valence-electron chi connectivity index (χ0n) is 19.0. The van der Waals surface area contributed by atoms with Gasteiger partial charge in [0.15, 0.2) is 5.13 Å². The fourth-order valence-electron chi connectivity index (χ4n) is 3.18. The normalized spacial score (nSPS) is 10.5. The topological polar surface area (TPSA) is 123 Å². The number of nitro groups is 1. The molecular weight excluding hydrogens is 500 g/mol. The van der Waals surface area contributed by atoms with E-state index >= 15 is 0 Å². The smallest absolute Gasteiger partial charge is 0.270 e. The Morgan fingerprint density at radius 1 is 1.06 bits per heavy atom. The zero-order valence-corrected chi connectivity index (χ0v) is 20.6. The summed E-state index contributed by atoms with van der Waals surface area (Å²) in [6.45, 7) is 0. The lowest BCUT2D eigenvalue weighted by Crippen LogP contribution is -2.14. The van der Waals surface area contributed by atoms with Gasteiger partial charge in [-0.25, -0.2) is 4.98 Å². The van der Waals surface area contributed by atoms with E-state index in [1.807, 2.05) is 6.07 Å². The number of carbonyl (C=O) groups excluding carboxylic acids is 2. The lowest BCUT2D eigenvalue weighted by Gasteiger charge is -2.08. The third kappa shape index (κ3) is 6.46. The first-order valence-electron chi connectivity index (χ1n) is 10.6. The van der Waals surface area contributed by atoms with E-state index in [1.165, 1.54) is 35.2 Å². The van der Waals surface area contributed by atoms with E-state index in [1.54, 1.807) is 67.1 Å². The Labute approximate surface area is 214 Å². The van der Waals surface area contributed by atoms with Gasteiger partial charge in [-0.2, -0.15) is 0 Å². The van der Waals surface area contributed by atoms with Gasteiger partial charge in [-0.1, -0.05) is 24.3 Å². The molecule has 182 valence electrons. The van der Waals surface area contributed by atoms with Gasteiger partial charge in [-0.3, -0.25) is 19.7 Å². The fourth-order valence-corrected chi connectivity index (χ4v) is 4.67. The van der Waals surface area contributed by atoms with Gasteiger partial charge < -0.3 is 15.4 Å². The molecular formula is C25H20N4O5S2. The van der Waals surface area contributed by atoms with Crippen molar-refractivity contribution in [3.8, 4) is 17.0 Å². The largest absolute Gasteiger partial charge is 0.497 e. The molecule has 1 heterocycles. The van der Waals surface area contributed by atoms with E-state index < -0.39 is 4.92 Å². The van der Waals surface area contributed by atoms with Crippen LogP contribution in [0.2, 0.25) is 0 Å². The molecule has 36 heavy (non-hydrogen) atoms. The number of carbonyl (C=O) groups is 2. The van der Waals surface area contributed by atoms with E-state index in [9.17, 15) is 19.7 Å². The molecule has 0 aliphatic carbocycles. The molecule has 0 aliphatic rings. The van der Waals surface area contributed by atoms with Gasteiger partial charge in [-0.05, 0) is 36.4 Å². The Morgan fingerprint density at radius 2 is 1.86 bits per heavy atom.